The minimum atomic E-state index is -2.71. The summed E-state index contributed by atoms with van der Waals surface area (Å²) in [6.07, 6.45) is 3.12. The highest BCUT2D eigenvalue weighted by atomic mass is 31.0. The number of anilines is 2. The first-order chi connectivity index (χ1) is 18.3. The minimum Gasteiger partial charge on any atom is -0.398 e. The number of aromatic amines is 1. The number of hydrogen-bond donors (Lipinski definition) is 5. The van der Waals surface area contributed by atoms with E-state index in [1.807, 2.05) is 0 Å². The van der Waals surface area contributed by atoms with Gasteiger partial charge >= 0.3 is 0 Å². The van der Waals surface area contributed by atoms with E-state index < -0.39 is 29.6 Å². The first-order valence-electron chi connectivity index (χ1n) is 12.9. The highest BCUT2D eigenvalue weighted by molar-refractivity contribution is 7.27. The number of hydrogen-bond acceptors (Lipinski definition) is 5. The van der Waals surface area contributed by atoms with E-state index in [9.17, 15) is 18.0 Å². The van der Waals surface area contributed by atoms with Crippen molar-refractivity contribution in [2.75, 3.05) is 11.1 Å². The second-order valence-corrected chi connectivity index (χ2v) is 10.5. The van der Waals surface area contributed by atoms with Crippen molar-refractivity contribution in [3.05, 3.63) is 46.9 Å². The molecule has 0 saturated heterocycles. The van der Waals surface area contributed by atoms with Crippen LogP contribution in [0.15, 0.2) is 29.3 Å². The van der Waals surface area contributed by atoms with Crippen molar-refractivity contribution >= 4 is 60.3 Å². The molecule has 1 heterocycles. The largest absolute Gasteiger partial charge is 0.398 e. The van der Waals surface area contributed by atoms with Crippen LogP contribution in [0.5, 0.6) is 0 Å². The average Bonchev–Trinajstić information content (AvgIpc) is 3.22. The number of nitrogens with two attached hydrogens (primary N) is 2. The van der Waals surface area contributed by atoms with Gasteiger partial charge in [-0.1, -0.05) is 26.7 Å². The van der Waals surface area contributed by atoms with Crippen LogP contribution in [0.2, 0.25) is 0 Å². The van der Waals surface area contributed by atoms with Gasteiger partial charge in [0.15, 0.2) is 0 Å². The molecule has 2 aromatic carbocycles. The maximum atomic E-state index is 14.6. The Labute approximate surface area is 228 Å². The van der Waals surface area contributed by atoms with Crippen LogP contribution in [0, 0.1) is 11.2 Å². The molecule has 3 aromatic rings. The van der Waals surface area contributed by atoms with Gasteiger partial charge in [-0.3, -0.25) is 9.79 Å². The second kappa shape index (κ2) is 12.2. The minimum absolute atomic E-state index is 0.282. The van der Waals surface area contributed by atoms with Gasteiger partial charge in [-0.2, -0.15) is 0 Å². The fourth-order valence-corrected chi connectivity index (χ4v) is 4.53. The third-order valence-corrected chi connectivity index (χ3v) is 7.24. The summed E-state index contributed by atoms with van der Waals surface area (Å²) in [5, 5.41) is 11.7. The Morgan fingerprint density at radius 1 is 1.31 bits per heavy atom. The molecule has 4 rings (SSSR count). The number of primary amides is 1. The van der Waals surface area contributed by atoms with E-state index in [4.69, 9.17) is 21.9 Å². The average molecular weight is 561 g/mol. The zero-order chi connectivity index (χ0) is 29.1. The zero-order valence-corrected chi connectivity index (χ0v) is 23.7. The van der Waals surface area contributed by atoms with Crippen LogP contribution in [0.1, 0.15) is 76.1 Å². The number of aromatic nitrogens is 1. The number of benzene rings is 2. The molecule has 1 aliphatic carbocycles. The molecule has 7 nitrogen and oxygen atoms in total. The maximum Gasteiger partial charge on any atom is 0.252 e. The number of carbonyl (C=O) groups excluding carboxylic acids is 1. The van der Waals surface area contributed by atoms with Gasteiger partial charge in [0, 0.05) is 69.5 Å². The van der Waals surface area contributed by atoms with E-state index in [0.29, 0.717) is 50.5 Å². The summed E-state index contributed by atoms with van der Waals surface area (Å²) < 4.78 is 41.3. The van der Waals surface area contributed by atoms with Crippen molar-refractivity contribution in [1.82, 2.24) is 4.98 Å². The summed E-state index contributed by atoms with van der Waals surface area (Å²) in [6, 6.07) is 5.73. The number of aliphatic imine (C=N–C) groups is 1. The van der Waals surface area contributed by atoms with E-state index >= 15 is 0 Å². The Balaban J connectivity index is 0.000000983. The van der Waals surface area contributed by atoms with Crippen LogP contribution in [-0.2, 0) is 4.79 Å². The first-order valence-corrected chi connectivity index (χ1v) is 13.4. The van der Waals surface area contributed by atoms with Crippen LogP contribution in [0.25, 0.3) is 10.9 Å². The predicted molar refractivity (Wildman–Crippen MR) is 158 cm³/mol. The molecule has 1 aromatic heterocycles. The van der Waals surface area contributed by atoms with Gasteiger partial charge in [-0.25, -0.2) is 13.2 Å². The molecule has 1 fully saturated rings. The number of nitrogens with one attached hydrogen (secondary N) is 3. The monoisotopic (exact) mass is 560 g/mol. The normalized spacial score (nSPS) is 15.7. The van der Waals surface area contributed by atoms with Crippen molar-refractivity contribution in [2.45, 2.75) is 71.3 Å². The second-order valence-electron chi connectivity index (χ2n) is 9.87. The third-order valence-electron chi connectivity index (χ3n) is 6.80. The Hall–Kier alpha value is -3.39. The first kappa shape index (κ1) is 30.2. The highest BCUT2D eigenvalue weighted by Gasteiger charge is 2.45. The molecule has 7 N–H and O–H groups in total. The van der Waals surface area contributed by atoms with Gasteiger partial charge in [0.2, 0.25) is 5.91 Å². The lowest BCUT2D eigenvalue weighted by Gasteiger charge is -2.36. The zero-order valence-electron chi connectivity index (χ0n) is 22.6. The fourth-order valence-electron chi connectivity index (χ4n) is 4.28. The number of unbranched alkanes of at least 4 members (excludes halogenated alkanes) is 1. The van der Waals surface area contributed by atoms with Crippen LogP contribution < -0.4 is 22.1 Å². The number of rotatable bonds is 8. The van der Waals surface area contributed by atoms with E-state index in [-0.39, 0.29) is 18.1 Å². The lowest BCUT2D eigenvalue weighted by atomic mass is 9.87. The van der Waals surface area contributed by atoms with Crippen LogP contribution in [0.4, 0.5) is 30.2 Å². The molecule has 2 unspecified atom stereocenters. The summed E-state index contributed by atoms with van der Waals surface area (Å²) in [5.41, 5.74) is 15.0. The molecule has 0 bridgehead atoms. The van der Waals surface area contributed by atoms with E-state index in [1.54, 1.807) is 26.0 Å². The van der Waals surface area contributed by atoms with E-state index in [2.05, 4.69) is 33.4 Å². The van der Waals surface area contributed by atoms with Crippen molar-refractivity contribution < 1.29 is 18.0 Å². The Morgan fingerprint density at radius 3 is 2.49 bits per heavy atom. The third kappa shape index (κ3) is 6.61. The topological polar surface area (TPSA) is 133 Å². The van der Waals surface area contributed by atoms with Gasteiger partial charge in [-0.15, -0.1) is 9.24 Å². The highest BCUT2D eigenvalue weighted by Crippen LogP contribution is 2.41. The summed E-state index contributed by atoms with van der Waals surface area (Å²) >= 11 is 0. The molecule has 1 amide bonds. The van der Waals surface area contributed by atoms with Crippen LogP contribution in [-0.4, -0.2) is 34.8 Å². The molecule has 0 spiro atoms. The number of alkyl halides is 2. The van der Waals surface area contributed by atoms with E-state index in [1.165, 1.54) is 25.0 Å². The molecule has 0 aliphatic heterocycles. The fraction of sp³-hybridized carbons (Fsp3) is 0.393. The van der Waals surface area contributed by atoms with Crippen molar-refractivity contribution in [3.63, 3.8) is 0 Å². The van der Waals surface area contributed by atoms with Crippen molar-refractivity contribution in [3.8, 4) is 0 Å². The summed E-state index contributed by atoms with van der Waals surface area (Å²) in [4.78, 5) is 19.9. The number of halogens is 3. The molecule has 210 valence electrons. The molecular formula is C28H36F3N6OP. The lowest BCUT2D eigenvalue weighted by Crippen LogP contribution is -2.44. The number of fused-ring (bicyclic) bond motifs is 1. The summed E-state index contributed by atoms with van der Waals surface area (Å²) in [5.74, 6) is -4.54. The standard InChI is InChI=1S/C24H26F3N6OP.C4H10/c1-10(23(30)34)21-22(20-14(9-28)16(29)3-4-17(20)33-21)31-11(2)13-5-15(25)19(35)6-18(13)32-12-7-24(26,27)8-12;1-3-4-2/h3-6,9-10,12,28,32-33H,7-8,29,35H2,1-2H3,(H2,30,34);3-4H2,1-2H3. The molecule has 1 aliphatic rings. The Morgan fingerprint density at radius 2 is 1.95 bits per heavy atom. The number of carbonyl (C=O) groups is 1. The SMILES string of the molecule is CC(=Nc1c(C(C)C(N)=O)[nH]c2ccc(N)c(C=N)c12)c1cc(F)c(P)cc1NC1CC(F)(F)C1.CCCC. The summed E-state index contributed by atoms with van der Waals surface area (Å²) in [7, 11) is 2.29. The molecule has 0 radical (unpaired) electrons. The lowest BCUT2D eigenvalue weighted by molar-refractivity contribution is -0.119. The molecule has 2 atom stereocenters. The predicted octanol–water partition coefficient (Wildman–Crippen LogP) is 6.13. The van der Waals surface area contributed by atoms with Crippen LogP contribution >= 0.6 is 9.24 Å². The molecule has 1 saturated carbocycles. The van der Waals surface area contributed by atoms with Gasteiger partial charge in [0.05, 0.1) is 17.3 Å². The smallest absolute Gasteiger partial charge is 0.252 e. The molecule has 11 heteroatoms. The number of nitrogen functional groups attached to an aromatic ring is 1. The van der Waals surface area contributed by atoms with Crippen molar-refractivity contribution in [1.29, 1.82) is 5.41 Å². The van der Waals surface area contributed by atoms with Crippen LogP contribution in [0.3, 0.4) is 0 Å². The van der Waals surface area contributed by atoms with Gasteiger partial charge in [-0.05, 0) is 38.1 Å². The van der Waals surface area contributed by atoms with Gasteiger partial charge in [0.25, 0.3) is 5.92 Å². The van der Waals surface area contributed by atoms with E-state index in [0.717, 1.165) is 6.21 Å². The number of nitrogens with zero attached hydrogens (tertiary/aromatic N) is 1. The summed E-state index contributed by atoms with van der Waals surface area (Å²) in [6.45, 7) is 7.65. The number of amides is 1. The molecular weight excluding hydrogens is 524 g/mol. The number of H-pyrrole nitrogens is 1. The molecule has 39 heavy (non-hydrogen) atoms. The quantitative estimate of drug-likeness (QED) is 0.129. The Kier molecular flexibility index (Phi) is 9.43. The van der Waals surface area contributed by atoms with Crippen molar-refractivity contribution in [2.24, 2.45) is 10.7 Å². The Bertz CT molecular complexity index is 1410. The van der Waals surface area contributed by atoms with Gasteiger partial charge in [0.1, 0.15) is 5.82 Å². The van der Waals surface area contributed by atoms with Gasteiger partial charge < -0.3 is 27.2 Å². The maximum absolute atomic E-state index is 14.6.